The number of para-hydroxylation sites is 1. The number of thioether (sulfide) groups is 1. The van der Waals surface area contributed by atoms with Crippen molar-refractivity contribution in [3.8, 4) is 5.69 Å². The van der Waals surface area contributed by atoms with Gasteiger partial charge in [0.15, 0.2) is 0 Å². The van der Waals surface area contributed by atoms with E-state index < -0.39 is 0 Å². The molecule has 0 spiro atoms. The number of hydrogen-bond donors (Lipinski definition) is 0. The Morgan fingerprint density at radius 3 is 2.45 bits per heavy atom. The Kier molecular flexibility index (Phi) is 6.34. The van der Waals surface area contributed by atoms with Crippen molar-refractivity contribution in [1.29, 1.82) is 0 Å². The van der Waals surface area contributed by atoms with Crippen LogP contribution in [0.2, 0.25) is 5.02 Å². The largest absolute Gasteiger partial charge is 0.366 e. The van der Waals surface area contributed by atoms with Gasteiger partial charge < -0.3 is 9.80 Å². The van der Waals surface area contributed by atoms with Gasteiger partial charge in [-0.05, 0) is 43.5 Å². The summed E-state index contributed by atoms with van der Waals surface area (Å²) in [7, 11) is 0. The first-order valence-corrected chi connectivity index (χ1v) is 11.6. The molecule has 1 aromatic heterocycles. The van der Waals surface area contributed by atoms with Crippen molar-refractivity contribution in [1.82, 2.24) is 14.7 Å². The highest BCUT2D eigenvalue weighted by Crippen LogP contribution is 2.25. The van der Waals surface area contributed by atoms with Crippen LogP contribution in [-0.4, -0.2) is 53.0 Å². The van der Waals surface area contributed by atoms with Crippen LogP contribution in [0.25, 0.3) is 5.69 Å². The van der Waals surface area contributed by atoms with Crippen LogP contribution < -0.4 is 10.5 Å². The van der Waals surface area contributed by atoms with Crippen molar-refractivity contribution in [2.45, 2.75) is 11.8 Å². The van der Waals surface area contributed by atoms with E-state index in [1.807, 2.05) is 60.5 Å². The fourth-order valence-corrected chi connectivity index (χ4v) is 4.36. The first-order chi connectivity index (χ1) is 15.0. The summed E-state index contributed by atoms with van der Waals surface area (Å²) in [4.78, 5) is 30.8. The molecule has 0 radical (unpaired) electrons. The molecule has 1 aliphatic rings. The van der Waals surface area contributed by atoms with Gasteiger partial charge in [0.2, 0.25) is 0 Å². The van der Waals surface area contributed by atoms with E-state index in [9.17, 15) is 9.59 Å². The zero-order valence-corrected chi connectivity index (χ0v) is 19.0. The molecule has 2 aromatic carbocycles. The zero-order valence-electron chi connectivity index (χ0n) is 17.4. The van der Waals surface area contributed by atoms with E-state index >= 15 is 0 Å². The maximum Gasteiger partial charge on any atom is 0.276 e. The molecule has 1 amide bonds. The van der Waals surface area contributed by atoms with Crippen LogP contribution in [0.3, 0.4) is 0 Å². The second-order valence-corrected chi connectivity index (χ2v) is 8.62. The summed E-state index contributed by atoms with van der Waals surface area (Å²) < 4.78 is 1.42. The molecule has 3 aromatic rings. The predicted molar refractivity (Wildman–Crippen MR) is 126 cm³/mol. The lowest BCUT2D eigenvalue weighted by Gasteiger charge is -2.36. The fourth-order valence-electron chi connectivity index (χ4n) is 3.72. The van der Waals surface area contributed by atoms with Gasteiger partial charge in [-0.25, -0.2) is 0 Å². The molecular formula is C23H23ClN4O2S. The summed E-state index contributed by atoms with van der Waals surface area (Å²) in [6.07, 6.45) is 3.71. The third kappa shape index (κ3) is 4.34. The Morgan fingerprint density at radius 2 is 1.77 bits per heavy atom. The molecule has 1 aliphatic heterocycles. The molecular weight excluding hydrogens is 432 g/mol. The van der Waals surface area contributed by atoms with Gasteiger partial charge in [0.05, 0.1) is 28.2 Å². The van der Waals surface area contributed by atoms with E-state index in [0.29, 0.717) is 42.3 Å². The minimum atomic E-state index is -0.136. The Morgan fingerprint density at radius 1 is 1.06 bits per heavy atom. The van der Waals surface area contributed by atoms with E-state index in [1.54, 1.807) is 24.0 Å². The standard InChI is InChI=1S/C23H23ClN4O2S/c1-16-21(15-25-28(22(16)29)17-6-4-3-5-7-17)26-10-12-27(13-11-26)23(30)19-14-18(31-2)8-9-20(19)24/h3-9,14-15H,10-13H2,1-2H3. The number of hydrogen-bond acceptors (Lipinski definition) is 5. The number of piperazine rings is 1. The van der Waals surface area contributed by atoms with Crippen LogP contribution in [-0.2, 0) is 0 Å². The van der Waals surface area contributed by atoms with Crippen LogP contribution in [0.1, 0.15) is 15.9 Å². The third-order valence-electron chi connectivity index (χ3n) is 5.51. The number of benzene rings is 2. The lowest BCUT2D eigenvalue weighted by molar-refractivity contribution is 0.0746. The molecule has 2 heterocycles. The minimum Gasteiger partial charge on any atom is -0.366 e. The number of carbonyl (C=O) groups excluding carboxylic acids is 1. The van der Waals surface area contributed by atoms with Crippen LogP contribution >= 0.6 is 23.4 Å². The van der Waals surface area contributed by atoms with Gasteiger partial charge in [-0.15, -0.1) is 11.8 Å². The Labute approximate surface area is 190 Å². The highest BCUT2D eigenvalue weighted by Gasteiger charge is 2.25. The van der Waals surface area contributed by atoms with Crippen molar-refractivity contribution in [3.05, 3.63) is 81.2 Å². The molecule has 160 valence electrons. The lowest BCUT2D eigenvalue weighted by Crippen LogP contribution is -2.49. The molecule has 1 fully saturated rings. The van der Waals surface area contributed by atoms with Gasteiger partial charge in [-0.2, -0.15) is 9.78 Å². The van der Waals surface area contributed by atoms with Crippen molar-refractivity contribution in [3.63, 3.8) is 0 Å². The summed E-state index contributed by atoms with van der Waals surface area (Å²) in [5, 5.41) is 4.85. The molecule has 0 N–H and O–H groups in total. The highest BCUT2D eigenvalue weighted by molar-refractivity contribution is 7.98. The maximum atomic E-state index is 13.0. The molecule has 0 unspecified atom stereocenters. The summed E-state index contributed by atoms with van der Waals surface area (Å²) in [5.74, 6) is -0.0603. The third-order valence-corrected chi connectivity index (χ3v) is 6.56. The lowest BCUT2D eigenvalue weighted by atomic mass is 10.1. The van der Waals surface area contributed by atoms with Gasteiger partial charge in [0.25, 0.3) is 11.5 Å². The second-order valence-electron chi connectivity index (χ2n) is 7.33. The fraction of sp³-hybridized carbons (Fsp3) is 0.261. The van der Waals surface area contributed by atoms with Gasteiger partial charge in [0.1, 0.15) is 0 Å². The van der Waals surface area contributed by atoms with E-state index in [0.717, 1.165) is 16.3 Å². The van der Waals surface area contributed by atoms with E-state index in [1.165, 1.54) is 4.68 Å². The number of nitrogens with zero attached hydrogens (tertiary/aromatic N) is 4. The molecule has 4 rings (SSSR count). The van der Waals surface area contributed by atoms with E-state index in [-0.39, 0.29) is 11.5 Å². The van der Waals surface area contributed by atoms with E-state index in [4.69, 9.17) is 11.6 Å². The van der Waals surface area contributed by atoms with Crippen LogP contribution in [0, 0.1) is 6.92 Å². The summed E-state index contributed by atoms with van der Waals surface area (Å²) >= 11 is 7.86. The summed E-state index contributed by atoms with van der Waals surface area (Å²) in [5.41, 5.74) is 2.59. The van der Waals surface area contributed by atoms with Gasteiger partial charge in [-0.3, -0.25) is 9.59 Å². The molecule has 0 saturated carbocycles. The summed E-state index contributed by atoms with van der Waals surface area (Å²) in [6, 6.07) is 14.9. The smallest absolute Gasteiger partial charge is 0.276 e. The molecule has 31 heavy (non-hydrogen) atoms. The van der Waals surface area contributed by atoms with Crippen molar-refractivity contribution in [2.75, 3.05) is 37.3 Å². The van der Waals surface area contributed by atoms with E-state index in [2.05, 4.69) is 10.00 Å². The molecule has 0 bridgehead atoms. The number of aromatic nitrogens is 2. The normalized spacial score (nSPS) is 14.0. The quantitative estimate of drug-likeness (QED) is 0.560. The van der Waals surface area contributed by atoms with Crippen LogP contribution in [0.15, 0.2) is 64.4 Å². The molecule has 0 atom stereocenters. The molecule has 8 heteroatoms. The van der Waals surface area contributed by atoms with Gasteiger partial charge in [0, 0.05) is 36.6 Å². The Balaban J connectivity index is 1.50. The highest BCUT2D eigenvalue weighted by atomic mass is 35.5. The van der Waals surface area contributed by atoms with Crippen LogP contribution in [0.4, 0.5) is 5.69 Å². The van der Waals surface area contributed by atoms with Gasteiger partial charge in [-0.1, -0.05) is 29.8 Å². The Hall–Kier alpha value is -2.77. The predicted octanol–water partition coefficient (Wildman–Crippen LogP) is 3.88. The number of amides is 1. The summed E-state index contributed by atoms with van der Waals surface area (Å²) in [6.45, 7) is 4.19. The number of carbonyl (C=O) groups is 1. The second kappa shape index (κ2) is 9.16. The molecule has 0 aliphatic carbocycles. The first kappa shape index (κ1) is 21.5. The average molecular weight is 455 g/mol. The minimum absolute atomic E-state index is 0.0603. The zero-order chi connectivity index (χ0) is 22.0. The SMILES string of the molecule is CSc1ccc(Cl)c(C(=O)N2CCN(c3cnn(-c4ccccc4)c(=O)c3C)CC2)c1. The van der Waals surface area contributed by atoms with Gasteiger partial charge >= 0.3 is 0 Å². The van der Waals surface area contributed by atoms with Crippen molar-refractivity contribution in [2.24, 2.45) is 0 Å². The molecule has 1 saturated heterocycles. The average Bonchev–Trinajstić information content (AvgIpc) is 2.81. The van der Waals surface area contributed by atoms with Crippen molar-refractivity contribution >= 4 is 35.0 Å². The Bertz CT molecular complexity index is 1160. The number of anilines is 1. The van der Waals surface area contributed by atoms with Crippen molar-refractivity contribution < 1.29 is 4.79 Å². The van der Waals surface area contributed by atoms with Crippen LogP contribution in [0.5, 0.6) is 0 Å². The topological polar surface area (TPSA) is 58.4 Å². The maximum absolute atomic E-state index is 13.0. The number of rotatable bonds is 4. The molecule has 6 nitrogen and oxygen atoms in total. The number of halogens is 1. The first-order valence-electron chi connectivity index (χ1n) is 10.0. The monoisotopic (exact) mass is 454 g/mol.